The van der Waals surface area contributed by atoms with E-state index < -0.39 is 11.7 Å². The summed E-state index contributed by atoms with van der Waals surface area (Å²) >= 11 is 0. The Bertz CT molecular complexity index is 638. The summed E-state index contributed by atoms with van der Waals surface area (Å²) in [5.41, 5.74) is 5.62. The minimum absolute atomic E-state index is 0.153. The molecule has 0 unspecified atom stereocenters. The minimum Gasteiger partial charge on any atom is -0.398 e. The fraction of sp³-hybridized carbons (Fsp3) is 0.143. The number of nitrogens with two attached hydrogens (primary N) is 1. The molecule has 0 saturated carbocycles. The van der Waals surface area contributed by atoms with E-state index in [2.05, 4.69) is 4.98 Å². The summed E-state index contributed by atoms with van der Waals surface area (Å²) in [4.78, 5) is 15.8. The van der Waals surface area contributed by atoms with Gasteiger partial charge in [0.15, 0.2) is 5.78 Å². The van der Waals surface area contributed by atoms with Crippen molar-refractivity contribution in [1.29, 1.82) is 0 Å². The lowest BCUT2D eigenvalue weighted by Gasteiger charge is -2.09. The number of halogens is 3. The first kappa shape index (κ1) is 14.0. The van der Waals surface area contributed by atoms with Gasteiger partial charge in [-0.25, -0.2) is 0 Å². The van der Waals surface area contributed by atoms with Crippen LogP contribution in [-0.4, -0.2) is 10.8 Å². The lowest BCUT2D eigenvalue weighted by Crippen LogP contribution is -2.09. The van der Waals surface area contributed by atoms with Gasteiger partial charge in [-0.3, -0.25) is 9.78 Å². The predicted molar refractivity (Wildman–Crippen MR) is 68.1 cm³/mol. The second-order valence-electron chi connectivity index (χ2n) is 4.26. The minimum atomic E-state index is -4.42. The summed E-state index contributed by atoms with van der Waals surface area (Å²) in [5.74, 6) is -0.366. The Morgan fingerprint density at radius 2 is 2.00 bits per heavy atom. The summed E-state index contributed by atoms with van der Waals surface area (Å²) in [6.45, 7) is 0. The average molecular weight is 280 g/mol. The Hall–Kier alpha value is -2.37. The summed E-state index contributed by atoms with van der Waals surface area (Å²) < 4.78 is 37.7. The Morgan fingerprint density at radius 3 is 2.65 bits per heavy atom. The molecule has 0 atom stereocenters. The molecule has 1 aromatic heterocycles. The SMILES string of the molecule is Nc1ccncc1C(=O)Cc1cccc(C(F)(F)F)c1. The molecule has 0 aliphatic heterocycles. The number of anilines is 1. The van der Waals surface area contributed by atoms with Crippen LogP contribution in [0.25, 0.3) is 0 Å². The molecule has 1 aromatic carbocycles. The Morgan fingerprint density at radius 1 is 1.25 bits per heavy atom. The smallest absolute Gasteiger partial charge is 0.398 e. The van der Waals surface area contributed by atoms with Gasteiger partial charge in [-0.2, -0.15) is 13.2 Å². The first-order valence-electron chi connectivity index (χ1n) is 5.77. The van der Waals surface area contributed by atoms with Crippen molar-refractivity contribution in [3.8, 4) is 0 Å². The number of benzene rings is 1. The van der Waals surface area contributed by atoms with E-state index >= 15 is 0 Å². The second-order valence-corrected chi connectivity index (χ2v) is 4.26. The zero-order chi connectivity index (χ0) is 14.8. The van der Waals surface area contributed by atoms with Gasteiger partial charge in [0.05, 0.1) is 11.1 Å². The van der Waals surface area contributed by atoms with Gasteiger partial charge >= 0.3 is 6.18 Å². The van der Waals surface area contributed by atoms with E-state index in [1.54, 1.807) is 0 Å². The molecule has 0 spiro atoms. The normalized spacial score (nSPS) is 11.3. The number of hydrogen-bond donors (Lipinski definition) is 1. The Balaban J connectivity index is 2.23. The van der Waals surface area contributed by atoms with Gasteiger partial charge in [0.1, 0.15) is 0 Å². The molecule has 3 nitrogen and oxygen atoms in total. The van der Waals surface area contributed by atoms with Crippen LogP contribution in [0.4, 0.5) is 18.9 Å². The van der Waals surface area contributed by atoms with Crippen LogP contribution in [0.2, 0.25) is 0 Å². The van der Waals surface area contributed by atoms with Crippen molar-refractivity contribution >= 4 is 11.5 Å². The van der Waals surface area contributed by atoms with Gasteiger partial charge in [-0.15, -0.1) is 0 Å². The molecule has 0 aliphatic rings. The van der Waals surface area contributed by atoms with Gasteiger partial charge in [0.25, 0.3) is 0 Å². The number of Topliss-reactive ketones (excluding diaryl/α,β-unsaturated/α-hetero) is 1. The van der Waals surface area contributed by atoms with Gasteiger partial charge in [-0.1, -0.05) is 18.2 Å². The third-order valence-electron chi connectivity index (χ3n) is 2.77. The molecule has 1 heterocycles. The molecule has 20 heavy (non-hydrogen) atoms. The van der Waals surface area contributed by atoms with Crippen LogP contribution in [0.15, 0.2) is 42.7 Å². The highest BCUT2D eigenvalue weighted by molar-refractivity contribution is 6.01. The molecule has 0 amide bonds. The van der Waals surface area contributed by atoms with Crippen molar-refractivity contribution in [2.45, 2.75) is 12.6 Å². The molecule has 0 fully saturated rings. The molecule has 2 aromatic rings. The third-order valence-corrected chi connectivity index (χ3v) is 2.77. The number of nitrogen functional groups attached to an aromatic ring is 1. The van der Waals surface area contributed by atoms with Gasteiger partial charge in [-0.05, 0) is 17.7 Å². The fourth-order valence-electron chi connectivity index (χ4n) is 1.78. The van der Waals surface area contributed by atoms with E-state index in [0.717, 1.165) is 12.1 Å². The highest BCUT2D eigenvalue weighted by atomic mass is 19.4. The van der Waals surface area contributed by atoms with Crippen molar-refractivity contribution in [1.82, 2.24) is 4.98 Å². The monoisotopic (exact) mass is 280 g/mol. The molecule has 0 bridgehead atoms. The van der Waals surface area contributed by atoms with E-state index in [1.165, 1.54) is 30.6 Å². The molecule has 104 valence electrons. The number of alkyl halides is 3. The van der Waals surface area contributed by atoms with Gasteiger partial charge < -0.3 is 5.73 Å². The quantitative estimate of drug-likeness (QED) is 0.879. The maximum atomic E-state index is 12.6. The topological polar surface area (TPSA) is 56.0 Å². The lowest BCUT2D eigenvalue weighted by molar-refractivity contribution is -0.137. The van der Waals surface area contributed by atoms with Crippen molar-refractivity contribution in [3.63, 3.8) is 0 Å². The van der Waals surface area contributed by atoms with Gasteiger partial charge in [0.2, 0.25) is 0 Å². The van der Waals surface area contributed by atoms with Crippen LogP contribution < -0.4 is 5.73 Å². The summed E-state index contributed by atoms with van der Waals surface area (Å²) in [6.07, 6.45) is -1.83. The molecule has 0 radical (unpaired) electrons. The van der Waals surface area contributed by atoms with Crippen LogP contribution in [-0.2, 0) is 12.6 Å². The van der Waals surface area contributed by atoms with Crippen LogP contribution in [0.3, 0.4) is 0 Å². The number of rotatable bonds is 3. The maximum absolute atomic E-state index is 12.6. The zero-order valence-electron chi connectivity index (χ0n) is 10.3. The van der Waals surface area contributed by atoms with Crippen LogP contribution in [0, 0.1) is 0 Å². The maximum Gasteiger partial charge on any atom is 0.416 e. The number of aromatic nitrogens is 1. The summed E-state index contributed by atoms with van der Waals surface area (Å²) in [5, 5.41) is 0. The molecule has 6 heteroatoms. The largest absolute Gasteiger partial charge is 0.416 e. The number of nitrogens with zero attached hydrogens (tertiary/aromatic N) is 1. The van der Waals surface area contributed by atoms with E-state index in [9.17, 15) is 18.0 Å². The molecular formula is C14H11F3N2O. The lowest BCUT2D eigenvalue weighted by atomic mass is 10.0. The zero-order valence-corrected chi connectivity index (χ0v) is 10.3. The molecule has 2 N–H and O–H groups in total. The Kier molecular flexibility index (Phi) is 3.74. The number of carbonyl (C=O) groups excluding carboxylic acids is 1. The summed E-state index contributed by atoms with van der Waals surface area (Å²) in [7, 11) is 0. The van der Waals surface area contributed by atoms with E-state index in [4.69, 9.17) is 5.73 Å². The Labute approximate surface area is 113 Å². The standard InChI is InChI=1S/C14H11F3N2O/c15-14(16,17)10-3-1-2-9(6-10)7-13(20)11-8-19-5-4-12(11)18/h1-6,8H,7H2,(H2,18,19). The third kappa shape index (κ3) is 3.14. The molecule has 0 saturated heterocycles. The highest BCUT2D eigenvalue weighted by Gasteiger charge is 2.30. The average Bonchev–Trinajstić information content (AvgIpc) is 2.38. The van der Waals surface area contributed by atoms with E-state index in [-0.39, 0.29) is 29.0 Å². The van der Waals surface area contributed by atoms with Crippen LogP contribution in [0.5, 0.6) is 0 Å². The van der Waals surface area contributed by atoms with Crippen molar-refractivity contribution in [3.05, 3.63) is 59.4 Å². The van der Waals surface area contributed by atoms with Crippen LogP contribution in [0.1, 0.15) is 21.5 Å². The molecule has 0 aliphatic carbocycles. The summed E-state index contributed by atoms with van der Waals surface area (Å²) in [6, 6.07) is 6.15. The van der Waals surface area contributed by atoms with Crippen molar-refractivity contribution < 1.29 is 18.0 Å². The first-order valence-corrected chi connectivity index (χ1v) is 5.77. The highest BCUT2D eigenvalue weighted by Crippen LogP contribution is 2.29. The number of hydrogen-bond acceptors (Lipinski definition) is 3. The number of ketones is 1. The number of carbonyl (C=O) groups is 1. The van der Waals surface area contributed by atoms with E-state index in [0.29, 0.717) is 0 Å². The van der Waals surface area contributed by atoms with Crippen LogP contribution >= 0.6 is 0 Å². The van der Waals surface area contributed by atoms with E-state index in [1.807, 2.05) is 0 Å². The first-order chi connectivity index (χ1) is 9.38. The predicted octanol–water partition coefficient (Wildman–Crippen LogP) is 3.11. The van der Waals surface area contributed by atoms with Gasteiger partial charge in [0, 0.05) is 24.5 Å². The fourth-order valence-corrected chi connectivity index (χ4v) is 1.78. The number of pyridine rings is 1. The van der Waals surface area contributed by atoms with Crippen molar-refractivity contribution in [2.75, 3.05) is 5.73 Å². The molecule has 2 rings (SSSR count). The second kappa shape index (κ2) is 5.32. The van der Waals surface area contributed by atoms with Crippen molar-refractivity contribution in [2.24, 2.45) is 0 Å². The molecular weight excluding hydrogens is 269 g/mol.